The van der Waals surface area contributed by atoms with Crippen LogP contribution >= 0.6 is 11.3 Å². The Morgan fingerprint density at radius 2 is 1.77 bits per heavy atom. The second kappa shape index (κ2) is 10.9. The van der Waals surface area contributed by atoms with Crippen LogP contribution in [0.2, 0.25) is 0 Å². The first-order valence-electron chi connectivity index (χ1n) is 11.0. The summed E-state index contributed by atoms with van der Waals surface area (Å²) in [6, 6.07) is 21.8. The number of hydrogen-bond donors (Lipinski definition) is 2. The standard InChI is InChI=1S/C27H24FN3O3S/c1-17-24(19-11-13-21(28)14-12-19)31-27(35-17)29-22-10-6-9-20(16-22)25(32)30-23(26(33)34-2)15-18-7-4-3-5-8-18/h3-14,16,23H,15H2,1-2H3,(H,29,31)(H,30,32). The molecule has 1 atom stereocenters. The molecule has 0 aliphatic heterocycles. The van der Waals surface area contributed by atoms with E-state index in [1.54, 1.807) is 30.3 Å². The van der Waals surface area contributed by atoms with E-state index >= 15 is 0 Å². The maximum Gasteiger partial charge on any atom is 0.328 e. The fraction of sp³-hybridized carbons (Fsp3) is 0.148. The molecule has 4 aromatic rings. The number of methoxy groups -OCH3 is 1. The molecule has 35 heavy (non-hydrogen) atoms. The van der Waals surface area contributed by atoms with Crippen LogP contribution in [0.25, 0.3) is 11.3 Å². The molecule has 8 heteroatoms. The zero-order valence-corrected chi connectivity index (χ0v) is 20.1. The first-order chi connectivity index (χ1) is 16.9. The Bertz CT molecular complexity index is 1320. The van der Waals surface area contributed by atoms with E-state index in [-0.39, 0.29) is 11.7 Å². The van der Waals surface area contributed by atoms with Gasteiger partial charge < -0.3 is 15.4 Å². The van der Waals surface area contributed by atoms with E-state index in [0.29, 0.717) is 22.8 Å². The predicted octanol–water partition coefficient (Wildman–Crippen LogP) is 5.52. The molecule has 0 radical (unpaired) electrons. The molecule has 2 N–H and O–H groups in total. The van der Waals surface area contributed by atoms with E-state index in [4.69, 9.17) is 4.74 Å². The number of benzene rings is 3. The molecule has 1 heterocycles. The van der Waals surface area contributed by atoms with Crippen LogP contribution in [0.4, 0.5) is 15.2 Å². The molecule has 1 amide bonds. The molecular formula is C27H24FN3O3S. The van der Waals surface area contributed by atoms with Crippen molar-refractivity contribution >= 4 is 34.0 Å². The van der Waals surface area contributed by atoms with Gasteiger partial charge in [0.05, 0.1) is 12.8 Å². The number of carbonyl (C=O) groups is 2. The topological polar surface area (TPSA) is 80.3 Å². The third-order valence-electron chi connectivity index (χ3n) is 5.36. The summed E-state index contributed by atoms with van der Waals surface area (Å²) in [5.41, 5.74) is 3.58. The van der Waals surface area contributed by atoms with Crippen LogP contribution in [0, 0.1) is 12.7 Å². The number of anilines is 2. The fourth-order valence-electron chi connectivity index (χ4n) is 3.61. The highest BCUT2D eigenvalue weighted by molar-refractivity contribution is 7.16. The van der Waals surface area contributed by atoms with E-state index in [1.807, 2.05) is 43.3 Å². The number of aromatic nitrogens is 1. The molecule has 1 unspecified atom stereocenters. The molecule has 3 aromatic carbocycles. The summed E-state index contributed by atoms with van der Waals surface area (Å²) in [6.07, 6.45) is 0.321. The number of esters is 1. The van der Waals surface area contributed by atoms with Crippen LogP contribution in [0.3, 0.4) is 0 Å². The molecule has 0 aliphatic rings. The number of carbonyl (C=O) groups excluding carboxylic acids is 2. The maximum absolute atomic E-state index is 13.3. The molecule has 1 aromatic heterocycles. The van der Waals surface area contributed by atoms with Crippen LogP contribution in [-0.2, 0) is 16.0 Å². The Morgan fingerprint density at radius 3 is 2.49 bits per heavy atom. The third-order valence-corrected chi connectivity index (χ3v) is 6.25. The van der Waals surface area contributed by atoms with Crippen molar-refractivity contribution in [1.82, 2.24) is 10.3 Å². The van der Waals surface area contributed by atoms with Gasteiger partial charge in [-0.2, -0.15) is 0 Å². The summed E-state index contributed by atoms with van der Waals surface area (Å²) in [4.78, 5) is 30.8. The Balaban J connectivity index is 1.48. The van der Waals surface area contributed by atoms with E-state index in [9.17, 15) is 14.0 Å². The van der Waals surface area contributed by atoms with Gasteiger partial charge in [-0.3, -0.25) is 4.79 Å². The van der Waals surface area contributed by atoms with Crippen molar-refractivity contribution in [3.05, 3.63) is 101 Å². The van der Waals surface area contributed by atoms with Crippen molar-refractivity contribution in [2.75, 3.05) is 12.4 Å². The Labute approximate surface area is 206 Å². The lowest BCUT2D eigenvalue weighted by Crippen LogP contribution is -2.43. The third kappa shape index (κ3) is 6.10. The minimum Gasteiger partial charge on any atom is -0.467 e. The van der Waals surface area contributed by atoms with Crippen molar-refractivity contribution in [1.29, 1.82) is 0 Å². The summed E-state index contributed by atoms with van der Waals surface area (Å²) in [6.45, 7) is 1.95. The van der Waals surface area contributed by atoms with Gasteiger partial charge in [0, 0.05) is 28.1 Å². The molecule has 0 saturated carbocycles. The number of nitrogens with one attached hydrogen (secondary N) is 2. The van der Waals surface area contributed by atoms with Crippen LogP contribution in [0.15, 0.2) is 78.9 Å². The summed E-state index contributed by atoms with van der Waals surface area (Å²) < 4.78 is 18.1. The monoisotopic (exact) mass is 489 g/mol. The highest BCUT2D eigenvalue weighted by Crippen LogP contribution is 2.32. The van der Waals surface area contributed by atoms with Crippen molar-refractivity contribution in [2.45, 2.75) is 19.4 Å². The van der Waals surface area contributed by atoms with Crippen LogP contribution in [0.1, 0.15) is 20.8 Å². The van der Waals surface area contributed by atoms with E-state index in [2.05, 4.69) is 15.6 Å². The average Bonchev–Trinajstić information content (AvgIpc) is 3.24. The second-order valence-electron chi connectivity index (χ2n) is 7.88. The molecule has 6 nitrogen and oxygen atoms in total. The van der Waals surface area contributed by atoms with Crippen molar-refractivity contribution in [2.24, 2.45) is 0 Å². The number of aryl methyl sites for hydroxylation is 1. The lowest BCUT2D eigenvalue weighted by atomic mass is 10.1. The average molecular weight is 490 g/mol. The fourth-order valence-corrected chi connectivity index (χ4v) is 4.47. The molecule has 0 spiro atoms. The lowest BCUT2D eigenvalue weighted by molar-refractivity contribution is -0.142. The van der Waals surface area contributed by atoms with Crippen LogP contribution in [0.5, 0.6) is 0 Å². The summed E-state index contributed by atoms with van der Waals surface area (Å²) >= 11 is 1.46. The number of nitrogens with zero attached hydrogens (tertiary/aromatic N) is 1. The normalized spacial score (nSPS) is 11.5. The molecule has 0 fully saturated rings. The number of ether oxygens (including phenoxy) is 1. The summed E-state index contributed by atoms with van der Waals surface area (Å²) in [7, 11) is 1.30. The van der Waals surface area contributed by atoms with Crippen LogP contribution < -0.4 is 10.6 Å². The van der Waals surface area contributed by atoms with Gasteiger partial charge >= 0.3 is 5.97 Å². The number of halogens is 1. The second-order valence-corrected chi connectivity index (χ2v) is 9.08. The van der Waals surface area contributed by atoms with Crippen molar-refractivity contribution < 1.29 is 18.7 Å². The minimum absolute atomic E-state index is 0.298. The molecule has 0 bridgehead atoms. The van der Waals surface area contributed by atoms with Gasteiger partial charge in [-0.15, -0.1) is 11.3 Å². The first kappa shape index (κ1) is 24.1. The smallest absolute Gasteiger partial charge is 0.328 e. The van der Waals surface area contributed by atoms with E-state index in [0.717, 1.165) is 21.7 Å². The van der Waals surface area contributed by atoms with Gasteiger partial charge in [-0.25, -0.2) is 14.2 Å². The number of hydrogen-bond acceptors (Lipinski definition) is 6. The first-order valence-corrected chi connectivity index (χ1v) is 11.8. The van der Waals surface area contributed by atoms with Gasteiger partial charge in [-0.05, 0) is 55.0 Å². The quantitative estimate of drug-likeness (QED) is 0.319. The molecular weight excluding hydrogens is 465 g/mol. The Morgan fingerprint density at radius 1 is 1.03 bits per heavy atom. The van der Waals surface area contributed by atoms with E-state index < -0.39 is 12.0 Å². The predicted molar refractivity (Wildman–Crippen MR) is 135 cm³/mol. The zero-order valence-electron chi connectivity index (χ0n) is 19.2. The van der Waals surface area contributed by atoms with Gasteiger partial charge in [0.25, 0.3) is 5.91 Å². The van der Waals surface area contributed by atoms with Gasteiger partial charge in [0.2, 0.25) is 0 Å². The largest absolute Gasteiger partial charge is 0.467 e. The molecule has 0 saturated heterocycles. The molecule has 178 valence electrons. The SMILES string of the molecule is COC(=O)C(Cc1ccccc1)NC(=O)c1cccc(Nc2nc(-c3ccc(F)cc3)c(C)s2)c1. The Hall–Kier alpha value is -4.04. The maximum atomic E-state index is 13.3. The highest BCUT2D eigenvalue weighted by Gasteiger charge is 2.23. The van der Waals surface area contributed by atoms with Gasteiger partial charge in [0.1, 0.15) is 11.9 Å². The Kier molecular flexibility index (Phi) is 7.52. The molecule has 4 rings (SSSR count). The zero-order chi connectivity index (χ0) is 24.8. The minimum atomic E-state index is -0.814. The van der Waals surface area contributed by atoms with Gasteiger partial charge in [0.15, 0.2) is 5.13 Å². The van der Waals surface area contributed by atoms with Gasteiger partial charge in [-0.1, -0.05) is 36.4 Å². The van der Waals surface area contributed by atoms with Crippen molar-refractivity contribution in [3.63, 3.8) is 0 Å². The summed E-state index contributed by atoms with van der Waals surface area (Å²) in [5.74, 6) is -1.20. The molecule has 0 aliphatic carbocycles. The van der Waals surface area contributed by atoms with Crippen molar-refractivity contribution in [3.8, 4) is 11.3 Å². The van der Waals surface area contributed by atoms with Crippen LogP contribution in [-0.4, -0.2) is 30.0 Å². The number of rotatable bonds is 8. The highest BCUT2D eigenvalue weighted by atomic mass is 32.1. The number of thiazole rings is 1. The number of amides is 1. The van der Waals surface area contributed by atoms with E-state index in [1.165, 1.54) is 30.6 Å². The summed E-state index contributed by atoms with van der Waals surface area (Å²) in [5, 5.41) is 6.66. The lowest BCUT2D eigenvalue weighted by Gasteiger charge is -2.17.